The molecule has 2 rings (SSSR count). The molecule has 5 nitrogen and oxygen atoms in total. The fourth-order valence-corrected chi connectivity index (χ4v) is 2.73. The lowest BCUT2D eigenvalue weighted by Crippen LogP contribution is -2.15. The normalized spacial score (nSPS) is 10.6. The van der Waals surface area contributed by atoms with E-state index in [4.69, 9.17) is 0 Å². The van der Waals surface area contributed by atoms with E-state index in [1.165, 1.54) is 6.92 Å². The first-order valence-electron chi connectivity index (χ1n) is 7.75. The third kappa shape index (κ3) is 3.87. The van der Waals surface area contributed by atoms with Gasteiger partial charge < -0.3 is 15.6 Å². The Bertz CT molecular complexity index is 732. The first-order chi connectivity index (χ1) is 10.9. The second-order valence-electron chi connectivity index (χ2n) is 5.62. The van der Waals surface area contributed by atoms with Crippen LogP contribution < -0.4 is 10.6 Å². The number of hydrogen-bond donors (Lipinski definition) is 3. The van der Waals surface area contributed by atoms with Crippen LogP contribution in [0.25, 0.3) is 0 Å². The van der Waals surface area contributed by atoms with Gasteiger partial charge in [0.2, 0.25) is 0 Å². The minimum Gasteiger partial charge on any atom is -0.354 e. The Morgan fingerprint density at radius 1 is 1.22 bits per heavy atom. The van der Waals surface area contributed by atoms with Gasteiger partial charge in [0.05, 0.1) is 0 Å². The fraction of sp³-hybridized carbons (Fsp3) is 0.333. The van der Waals surface area contributed by atoms with Gasteiger partial charge in [-0.05, 0) is 50.6 Å². The lowest BCUT2D eigenvalue weighted by Gasteiger charge is -2.08. The molecule has 1 aromatic heterocycles. The molecule has 0 radical (unpaired) electrons. The smallest absolute Gasteiger partial charge is 0.272 e. The van der Waals surface area contributed by atoms with Gasteiger partial charge in [-0.1, -0.05) is 19.1 Å². The molecule has 0 saturated heterocycles. The van der Waals surface area contributed by atoms with Gasteiger partial charge in [-0.15, -0.1) is 0 Å². The predicted molar refractivity (Wildman–Crippen MR) is 92.0 cm³/mol. The van der Waals surface area contributed by atoms with E-state index in [1.807, 2.05) is 24.3 Å². The number of aromatic amines is 1. The zero-order chi connectivity index (χ0) is 17.0. The van der Waals surface area contributed by atoms with E-state index in [-0.39, 0.29) is 11.7 Å². The predicted octanol–water partition coefficient (Wildman–Crippen LogP) is 3.20. The number of ketones is 1. The van der Waals surface area contributed by atoms with Crippen LogP contribution in [0, 0.1) is 13.8 Å². The van der Waals surface area contributed by atoms with Crippen LogP contribution >= 0.6 is 0 Å². The van der Waals surface area contributed by atoms with Gasteiger partial charge >= 0.3 is 0 Å². The summed E-state index contributed by atoms with van der Waals surface area (Å²) in [6, 6.07) is 7.72. The Kier molecular flexibility index (Phi) is 5.34. The van der Waals surface area contributed by atoms with E-state index in [0.29, 0.717) is 16.8 Å². The fourth-order valence-electron chi connectivity index (χ4n) is 2.73. The molecule has 0 saturated carbocycles. The number of Topliss-reactive ketones (excluding diaryl/α,β-unsaturated/α-hetero) is 1. The van der Waals surface area contributed by atoms with E-state index in [2.05, 4.69) is 22.5 Å². The molecule has 0 aliphatic heterocycles. The molecule has 2 aromatic rings. The van der Waals surface area contributed by atoms with Gasteiger partial charge in [-0.2, -0.15) is 0 Å². The number of carbonyl (C=O) groups is 2. The van der Waals surface area contributed by atoms with Crippen molar-refractivity contribution >= 4 is 17.4 Å². The first-order valence-corrected chi connectivity index (χ1v) is 7.75. The summed E-state index contributed by atoms with van der Waals surface area (Å²) in [5, 5.41) is 6.14. The third-order valence-corrected chi connectivity index (χ3v) is 3.78. The highest BCUT2D eigenvalue weighted by Crippen LogP contribution is 2.20. The molecule has 0 bridgehead atoms. The van der Waals surface area contributed by atoms with Crippen LogP contribution in [-0.2, 0) is 6.54 Å². The molecule has 122 valence electrons. The Morgan fingerprint density at radius 3 is 2.57 bits per heavy atom. The summed E-state index contributed by atoms with van der Waals surface area (Å²) >= 11 is 0. The molecule has 5 heteroatoms. The minimum atomic E-state index is -0.237. The van der Waals surface area contributed by atoms with Gasteiger partial charge in [-0.3, -0.25) is 9.59 Å². The number of hydrogen-bond acceptors (Lipinski definition) is 3. The van der Waals surface area contributed by atoms with Crippen LogP contribution in [0.15, 0.2) is 24.3 Å². The summed E-state index contributed by atoms with van der Waals surface area (Å²) in [7, 11) is 0. The van der Waals surface area contributed by atoms with Crippen LogP contribution in [0.2, 0.25) is 0 Å². The van der Waals surface area contributed by atoms with E-state index in [9.17, 15) is 9.59 Å². The van der Waals surface area contributed by atoms with Crippen molar-refractivity contribution in [2.45, 2.75) is 34.2 Å². The van der Waals surface area contributed by atoms with Crippen molar-refractivity contribution in [3.8, 4) is 0 Å². The SMILES string of the molecule is CCNCc1cccc(NC(=O)c2[nH]c(C)c(C(C)=O)c2C)c1. The Balaban J connectivity index is 2.20. The summed E-state index contributed by atoms with van der Waals surface area (Å²) in [4.78, 5) is 27.2. The molecule has 0 spiro atoms. The van der Waals surface area contributed by atoms with E-state index >= 15 is 0 Å². The van der Waals surface area contributed by atoms with Crippen LogP contribution in [-0.4, -0.2) is 23.2 Å². The molecule has 0 aliphatic rings. The molecular weight excluding hydrogens is 290 g/mol. The molecule has 1 amide bonds. The zero-order valence-electron chi connectivity index (χ0n) is 14.0. The highest BCUT2D eigenvalue weighted by molar-refractivity contribution is 6.07. The summed E-state index contributed by atoms with van der Waals surface area (Å²) in [5.41, 5.74) is 4.29. The highest BCUT2D eigenvalue weighted by Gasteiger charge is 2.19. The quantitative estimate of drug-likeness (QED) is 0.717. The number of H-pyrrole nitrogens is 1. The molecule has 0 unspecified atom stereocenters. The van der Waals surface area contributed by atoms with Crippen molar-refractivity contribution in [3.05, 3.63) is 52.3 Å². The van der Waals surface area contributed by atoms with Crippen LogP contribution in [0.4, 0.5) is 5.69 Å². The maximum absolute atomic E-state index is 12.5. The van der Waals surface area contributed by atoms with Gasteiger partial charge in [0.15, 0.2) is 5.78 Å². The number of anilines is 1. The van der Waals surface area contributed by atoms with E-state index in [0.717, 1.165) is 30.0 Å². The van der Waals surface area contributed by atoms with Crippen molar-refractivity contribution in [1.29, 1.82) is 0 Å². The van der Waals surface area contributed by atoms with E-state index in [1.54, 1.807) is 13.8 Å². The highest BCUT2D eigenvalue weighted by atomic mass is 16.2. The minimum absolute atomic E-state index is 0.0389. The van der Waals surface area contributed by atoms with Crippen LogP contribution in [0.1, 0.15) is 51.5 Å². The number of nitrogens with one attached hydrogen (secondary N) is 3. The number of aromatic nitrogens is 1. The molecule has 1 aromatic carbocycles. The van der Waals surface area contributed by atoms with Crippen molar-refractivity contribution in [2.24, 2.45) is 0 Å². The van der Waals surface area contributed by atoms with Crippen molar-refractivity contribution in [3.63, 3.8) is 0 Å². The Labute approximate surface area is 136 Å². The average molecular weight is 313 g/mol. The maximum Gasteiger partial charge on any atom is 0.272 e. The Morgan fingerprint density at radius 2 is 1.96 bits per heavy atom. The summed E-state index contributed by atoms with van der Waals surface area (Å²) in [6.45, 7) is 8.80. The number of benzene rings is 1. The number of rotatable bonds is 6. The second-order valence-corrected chi connectivity index (χ2v) is 5.62. The zero-order valence-corrected chi connectivity index (χ0v) is 14.0. The Hall–Kier alpha value is -2.40. The standard InChI is InChI=1S/C18H23N3O2/c1-5-19-10-14-7-6-8-15(9-14)21-18(23)17-11(2)16(13(4)22)12(3)20-17/h6-9,19-20H,5,10H2,1-4H3,(H,21,23). The molecule has 3 N–H and O–H groups in total. The number of carbonyl (C=O) groups excluding carboxylic acids is 2. The average Bonchev–Trinajstić information content (AvgIpc) is 2.80. The summed E-state index contributed by atoms with van der Waals surface area (Å²) in [6.07, 6.45) is 0. The topological polar surface area (TPSA) is 74.0 Å². The molecule has 23 heavy (non-hydrogen) atoms. The largest absolute Gasteiger partial charge is 0.354 e. The van der Waals surface area contributed by atoms with Crippen molar-refractivity contribution in [2.75, 3.05) is 11.9 Å². The number of amides is 1. The lowest BCUT2D eigenvalue weighted by atomic mass is 10.1. The summed E-state index contributed by atoms with van der Waals surface area (Å²) < 4.78 is 0. The molecule has 0 fully saturated rings. The monoisotopic (exact) mass is 313 g/mol. The van der Waals surface area contributed by atoms with Gasteiger partial charge in [0.25, 0.3) is 5.91 Å². The first kappa shape index (κ1) is 17.0. The maximum atomic E-state index is 12.5. The summed E-state index contributed by atoms with van der Waals surface area (Å²) in [5.74, 6) is -0.276. The van der Waals surface area contributed by atoms with Gasteiger partial charge in [0, 0.05) is 23.5 Å². The van der Waals surface area contributed by atoms with Crippen molar-refractivity contribution < 1.29 is 9.59 Å². The van der Waals surface area contributed by atoms with Gasteiger partial charge in [0.1, 0.15) is 5.69 Å². The van der Waals surface area contributed by atoms with E-state index < -0.39 is 0 Å². The van der Waals surface area contributed by atoms with Crippen LogP contribution in [0.3, 0.4) is 0 Å². The van der Waals surface area contributed by atoms with Crippen molar-refractivity contribution in [1.82, 2.24) is 10.3 Å². The molecule has 0 atom stereocenters. The molecular formula is C18H23N3O2. The second kappa shape index (κ2) is 7.24. The van der Waals surface area contributed by atoms with Crippen LogP contribution in [0.5, 0.6) is 0 Å². The number of aryl methyl sites for hydroxylation is 1. The van der Waals surface area contributed by atoms with Gasteiger partial charge in [-0.25, -0.2) is 0 Å². The molecule has 0 aliphatic carbocycles. The lowest BCUT2D eigenvalue weighted by molar-refractivity contribution is 0.101. The molecule has 1 heterocycles. The third-order valence-electron chi connectivity index (χ3n) is 3.78.